The van der Waals surface area contributed by atoms with Crippen LogP contribution < -0.4 is 0 Å². The number of rotatable bonds is 3. The molecule has 0 N–H and O–H groups in total. The Morgan fingerprint density at radius 3 is 2.71 bits per heavy atom. The first-order valence-corrected chi connectivity index (χ1v) is 6.75. The quantitative estimate of drug-likeness (QED) is 0.742. The Morgan fingerprint density at radius 1 is 1.14 bits per heavy atom. The molecule has 1 aromatic heterocycles. The van der Waals surface area contributed by atoms with Gasteiger partial charge in [0.1, 0.15) is 12.7 Å². The Bertz CT molecular complexity index is 803. The number of hydrogen-bond acceptors (Lipinski definition) is 3. The van der Waals surface area contributed by atoms with E-state index in [0.717, 1.165) is 16.7 Å². The van der Waals surface area contributed by atoms with Crippen molar-refractivity contribution in [1.82, 2.24) is 14.8 Å². The van der Waals surface area contributed by atoms with Gasteiger partial charge in [-0.05, 0) is 41.0 Å². The van der Waals surface area contributed by atoms with E-state index in [4.69, 9.17) is 11.6 Å². The predicted molar refractivity (Wildman–Crippen MR) is 80.7 cm³/mol. The van der Waals surface area contributed by atoms with Crippen molar-refractivity contribution in [2.24, 2.45) is 0 Å². The summed E-state index contributed by atoms with van der Waals surface area (Å²) in [5.74, 6) is 0. The van der Waals surface area contributed by atoms with Gasteiger partial charge in [-0.2, -0.15) is 10.4 Å². The maximum absolute atomic E-state index is 9.24. The van der Waals surface area contributed by atoms with Gasteiger partial charge >= 0.3 is 0 Å². The van der Waals surface area contributed by atoms with Gasteiger partial charge in [0, 0.05) is 5.02 Å². The summed E-state index contributed by atoms with van der Waals surface area (Å²) in [4.78, 5) is 3.92. The lowest BCUT2D eigenvalue weighted by Crippen LogP contribution is -2.02. The number of benzene rings is 2. The van der Waals surface area contributed by atoms with E-state index in [1.165, 1.54) is 6.33 Å². The van der Waals surface area contributed by atoms with E-state index in [-0.39, 0.29) is 0 Å². The molecule has 0 aliphatic rings. The summed E-state index contributed by atoms with van der Waals surface area (Å²) in [5.41, 5.74) is 3.58. The summed E-state index contributed by atoms with van der Waals surface area (Å²) in [6.45, 7) is 0.511. The lowest BCUT2D eigenvalue weighted by atomic mass is 9.99. The molecule has 0 spiro atoms. The van der Waals surface area contributed by atoms with Crippen LogP contribution >= 0.6 is 11.6 Å². The van der Waals surface area contributed by atoms with Crippen LogP contribution in [0.5, 0.6) is 0 Å². The van der Waals surface area contributed by atoms with Crippen LogP contribution in [0, 0.1) is 11.3 Å². The number of nitrogens with zero attached hydrogens (tertiary/aromatic N) is 4. The van der Waals surface area contributed by atoms with Crippen molar-refractivity contribution < 1.29 is 0 Å². The van der Waals surface area contributed by atoms with Crippen LogP contribution in [0.2, 0.25) is 5.02 Å². The Morgan fingerprint density at radius 2 is 2.00 bits per heavy atom. The topological polar surface area (TPSA) is 54.5 Å². The molecule has 0 saturated carbocycles. The van der Waals surface area contributed by atoms with E-state index in [1.54, 1.807) is 11.0 Å². The molecular weight excluding hydrogens is 284 g/mol. The summed E-state index contributed by atoms with van der Waals surface area (Å²) < 4.78 is 1.69. The van der Waals surface area contributed by atoms with E-state index in [0.29, 0.717) is 17.1 Å². The third-order valence-corrected chi connectivity index (χ3v) is 3.42. The summed E-state index contributed by atoms with van der Waals surface area (Å²) in [5, 5.41) is 14.0. The van der Waals surface area contributed by atoms with Crippen molar-refractivity contribution in [3.05, 3.63) is 71.3 Å². The van der Waals surface area contributed by atoms with Gasteiger partial charge in [-0.3, -0.25) is 0 Å². The molecule has 0 fully saturated rings. The Labute approximate surface area is 127 Å². The molecular formula is C16H11ClN4. The highest BCUT2D eigenvalue weighted by Gasteiger charge is 2.07. The largest absolute Gasteiger partial charge is 0.249 e. The monoisotopic (exact) mass is 294 g/mol. The van der Waals surface area contributed by atoms with Crippen LogP contribution in [-0.2, 0) is 6.54 Å². The second kappa shape index (κ2) is 5.78. The van der Waals surface area contributed by atoms with Gasteiger partial charge in [0.05, 0.1) is 18.2 Å². The maximum Gasteiger partial charge on any atom is 0.137 e. The zero-order valence-electron chi connectivity index (χ0n) is 11.1. The van der Waals surface area contributed by atoms with Gasteiger partial charge in [0.25, 0.3) is 0 Å². The molecule has 3 aromatic rings. The van der Waals surface area contributed by atoms with Crippen molar-refractivity contribution >= 4 is 11.6 Å². The number of hydrogen-bond donors (Lipinski definition) is 0. The molecule has 4 nitrogen and oxygen atoms in total. The van der Waals surface area contributed by atoms with Crippen LogP contribution in [0.4, 0.5) is 0 Å². The maximum atomic E-state index is 9.24. The lowest BCUT2D eigenvalue weighted by Gasteiger charge is -2.08. The molecule has 0 unspecified atom stereocenters. The van der Waals surface area contributed by atoms with Crippen molar-refractivity contribution in [1.29, 1.82) is 5.26 Å². The molecule has 5 heteroatoms. The van der Waals surface area contributed by atoms with Crippen LogP contribution in [0.1, 0.15) is 11.1 Å². The second-order valence-corrected chi connectivity index (χ2v) is 5.02. The molecule has 0 aliphatic heterocycles. The van der Waals surface area contributed by atoms with Crippen LogP contribution in [-0.4, -0.2) is 14.8 Å². The van der Waals surface area contributed by atoms with Crippen LogP contribution in [0.25, 0.3) is 11.1 Å². The van der Waals surface area contributed by atoms with Gasteiger partial charge in [-0.1, -0.05) is 29.8 Å². The first kappa shape index (κ1) is 13.3. The molecule has 0 aliphatic carbocycles. The first-order chi connectivity index (χ1) is 10.3. The SMILES string of the molecule is N#Cc1ccc(-c2cccc(Cl)c2)cc1Cn1cncn1. The lowest BCUT2D eigenvalue weighted by molar-refractivity contribution is 0.684. The highest BCUT2D eigenvalue weighted by Crippen LogP contribution is 2.25. The summed E-state index contributed by atoms with van der Waals surface area (Å²) in [6.07, 6.45) is 3.11. The Balaban J connectivity index is 2.02. The number of aromatic nitrogens is 3. The molecule has 0 atom stereocenters. The number of halogens is 1. The van der Waals surface area contributed by atoms with E-state index < -0.39 is 0 Å². The third kappa shape index (κ3) is 2.93. The first-order valence-electron chi connectivity index (χ1n) is 6.37. The molecule has 21 heavy (non-hydrogen) atoms. The molecule has 0 radical (unpaired) electrons. The minimum atomic E-state index is 0.511. The highest BCUT2D eigenvalue weighted by atomic mass is 35.5. The van der Waals surface area contributed by atoms with Crippen molar-refractivity contribution in [2.75, 3.05) is 0 Å². The third-order valence-electron chi connectivity index (χ3n) is 3.18. The highest BCUT2D eigenvalue weighted by molar-refractivity contribution is 6.30. The van der Waals surface area contributed by atoms with Gasteiger partial charge in [-0.25, -0.2) is 9.67 Å². The molecule has 2 aromatic carbocycles. The van der Waals surface area contributed by atoms with Crippen molar-refractivity contribution in [3.63, 3.8) is 0 Å². The van der Waals surface area contributed by atoms with E-state index in [9.17, 15) is 5.26 Å². The fourth-order valence-corrected chi connectivity index (χ4v) is 2.36. The Hall–Kier alpha value is -2.64. The zero-order valence-corrected chi connectivity index (χ0v) is 11.8. The molecule has 1 heterocycles. The predicted octanol–water partition coefficient (Wildman–Crippen LogP) is 3.52. The normalized spacial score (nSPS) is 10.3. The Kier molecular flexibility index (Phi) is 3.67. The second-order valence-electron chi connectivity index (χ2n) is 4.59. The average molecular weight is 295 g/mol. The van der Waals surface area contributed by atoms with Crippen LogP contribution in [0.3, 0.4) is 0 Å². The van der Waals surface area contributed by atoms with Gasteiger partial charge in [-0.15, -0.1) is 0 Å². The van der Waals surface area contributed by atoms with Gasteiger partial charge in [0.15, 0.2) is 0 Å². The van der Waals surface area contributed by atoms with E-state index >= 15 is 0 Å². The fourth-order valence-electron chi connectivity index (χ4n) is 2.17. The molecule has 0 bridgehead atoms. The smallest absolute Gasteiger partial charge is 0.137 e. The average Bonchev–Trinajstić information content (AvgIpc) is 3.00. The summed E-state index contributed by atoms with van der Waals surface area (Å²) >= 11 is 6.03. The van der Waals surface area contributed by atoms with E-state index in [2.05, 4.69) is 16.2 Å². The zero-order chi connectivity index (χ0) is 14.7. The fraction of sp³-hybridized carbons (Fsp3) is 0.0625. The molecule has 102 valence electrons. The standard InChI is InChI=1S/C16H11ClN4/c17-16-3-1-2-12(7-16)13-4-5-14(8-18)15(6-13)9-21-11-19-10-20-21/h1-7,10-11H,9H2. The minimum absolute atomic E-state index is 0.511. The minimum Gasteiger partial charge on any atom is -0.249 e. The van der Waals surface area contributed by atoms with Crippen molar-refractivity contribution in [3.8, 4) is 17.2 Å². The number of nitriles is 1. The molecule has 0 saturated heterocycles. The van der Waals surface area contributed by atoms with Crippen LogP contribution in [0.15, 0.2) is 55.1 Å². The molecule has 3 rings (SSSR count). The van der Waals surface area contributed by atoms with Crippen molar-refractivity contribution in [2.45, 2.75) is 6.54 Å². The molecule has 0 amide bonds. The summed E-state index contributed by atoms with van der Waals surface area (Å²) in [6, 6.07) is 15.6. The van der Waals surface area contributed by atoms with E-state index in [1.807, 2.05) is 42.5 Å². The van der Waals surface area contributed by atoms with Gasteiger partial charge < -0.3 is 0 Å². The van der Waals surface area contributed by atoms with Gasteiger partial charge in [0.2, 0.25) is 0 Å². The summed E-state index contributed by atoms with van der Waals surface area (Å²) in [7, 11) is 0.